The summed E-state index contributed by atoms with van der Waals surface area (Å²) >= 11 is 0. The lowest BCUT2D eigenvalue weighted by molar-refractivity contribution is -0.135. The maximum atomic E-state index is 12.8. The molecule has 1 aromatic carbocycles. The number of amides is 4. The van der Waals surface area contributed by atoms with Gasteiger partial charge in [0.25, 0.3) is 5.91 Å². The molecule has 1 fully saturated rings. The topological polar surface area (TPSA) is 78.5 Å². The van der Waals surface area contributed by atoms with Crippen LogP contribution in [0.25, 0.3) is 0 Å². The maximum Gasteiger partial charge on any atom is 0.325 e. The first-order chi connectivity index (χ1) is 10.9. The molecule has 4 amide bonds. The second kappa shape index (κ2) is 6.81. The molecule has 2 unspecified atom stereocenters. The Balaban J connectivity index is 2.20. The zero-order valence-corrected chi connectivity index (χ0v) is 13.8. The van der Waals surface area contributed by atoms with E-state index < -0.39 is 11.6 Å². The third kappa shape index (κ3) is 3.21. The first-order valence-electron chi connectivity index (χ1n) is 7.93. The molecule has 0 aromatic heterocycles. The number of nitrogens with one attached hydrogen (secondary N) is 2. The lowest BCUT2D eigenvalue weighted by Gasteiger charge is -2.25. The Morgan fingerprint density at radius 2 is 1.91 bits per heavy atom. The predicted molar refractivity (Wildman–Crippen MR) is 86.6 cm³/mol. The number of hydrogen-bond acceptors (Lipinski definition) is 3. The van der Waals surface area contributed by atoms with Crippen LogP contribution in [0.5, 0.6) is 0 Å². The quantitative estimate of drug-likeness (QED) is 0.785. The fraction of sp³-hybridized carbons (Fsp3) is 0.471. The first-order valence-corrected chi connectivity index (χ1v) is 7.93. The van der Waals surface area contributed by atoms with Gasteiger partial charge in [0.1, 0.15) is 12.1 Å². The van der Waals surface area contributed by atoms with Crippen LogP contribution in [0, 0.1) is 0 Å². The Hall–Kier alpha value is -2.37. The number of benzene rings is 1. The summed E-state index contributed by atoms with van der Waals surface area (Å²) < 4.78 is 0. The van der Waals surface area contributed by atoms with E-state index in [1.165, 1.54) is 0 Å². The van der Waals surface area contributed by atoms with Crippen LogP contribution in [-0.4, -0.2) is 35.3 Å². The van der Waals surface area contributed by atoms with Crippen molar-refractivity contribution in [1.29, 1.82) is 0 Å². The molecule has 1 aliphatic rings. The summed E-state index contributed by atoms with van der Waals surface area (Å²) in [5.74, 6) is -0.710. The molecule has 23 heavy (non-hydrogen) atoms. The van der Waals surface area contributed by atoms with Gasteiger partial charge in [-0.1, -0.05) is 44.2 Å². The third-order valence-electron chi connectivity index (χ3n) is 4.29. The molecular weight excluding hydrogens is 294 g/mol. The highest BCUT2D eigenvalue weighted by atomic mass is 16.2. The molecule has 2 N–H and O–H groups in total. The fourth-order valence-corrected chi connectivity index (χ4v) is 2.70. The van der Waals surface area contributed by atoms with E-state index in [1.54, 1.807) is 0 Å². The van der Waals surface area contributed by atoms with Crippen LogP contribution in [-0.2, 0) is 15.1 Å². The molecule has 0 spiro atoms. The monoisotopic (exact) mass is 317 g/mol. The highest BCUT2D eigenvalue weighted by molar-refractivity contribution is 6.09. The molecule has 0 saturated carbocycles. The smallest absolute Gasteiger partial charge is 0.325 e. The zero-order valence-electron chi connectivity index (χ0n) is 13.8. The second-order valence-electron chi connectivity index (χ2n) is 5.82. The summed E-state index contributed by atoms with van der Waals surface area (Å²) in [6, 6.07) is 8.60. The summed E-state index contributed by atoms with van der Waals surface area (Å²) in [5, 5.41) is 5.53. The van der Waals surface area contributed by atoms with Crippen molar-refractivity contribution < 1.29 is 14.4 Å². The summed E-state index contributed by atoms with van der Waals surface area (Å²) in [6.45, 7) is 5.41. The number of hydrogen-bond donors (Lipinski definition) is 2. The number of imide groups is 1. The van der Waals surface area contributed by atoms with Crippen LogP contribution in [0.4, 0.5) is 4.79 Å². The number of carbonyl (C=O) groups excluding carboxylic acids is 3. The lowest BCUT2D eigenvalue weighted by atomic mass is 9.87. The minimum absolute atomic E-state index is 0.00771. The summed E-state index contributed by atoms with van der Waals surface area (Å²) in [6.07, 6.45) is 1.21. The van der Waals surface area contributed by atoms with Crippen molar-refractivity contribution in [3.8, 4) is 0 Å². The predicted octanol–water partition coefficient (Wildman–Crippen LogP) is 1.76. The van der Waals surface area contributed by atoms with Crippen LogP contribution in [0.15, 0.2) is 30.3 Å². The Kier molecular flexibility index (Phi) is 5.03. The number of urea groups is 1. The van der Waals surface area contributed by atoms with Gasteiger partial charge in [-0.15, -0.1) is 0 Å². The Labute approximate surface area is 136 Å². The summed E-state index contributed by atoms with van der Waals surface area (Å²) in [5.41, 5.74) is -0.361. The first kappa shape index (κ1) is 17.0. The molecule has 1 aliphatic heterocycles. The van der Waals surface area contributed by atoms with Gasteiger partial charge in [-0.2, -0.15) is 0 Å². The average molecular weight is 317 g/mol. The second-order valence-corrected chi connectivity index (χ2v) is 5.82. The van der Waals surface area contributed by atoms with E-state index in [2.05, 4.69) is 10.6 Å². The van der Waals surface area contributed by atoms with E-state index in [0.29, 0.717) is 6.42 Å². The molecule has 6 heteroatoms. The van der Waals surface area contributed by atoms with Gasteiger partial charge in [-0.25, -0.2) is 4.79 Å². The molecule has 6 nitrogen and oxygen atoms in total. The van der Waals surface area contributed by atoms with Crippen LogP contribution >= 0.6 is 0 Å². The SMILES string of the molecule is CCC(C)NC(=O)CN1C(=O)NC(CC)(c2ccccc2)C1=O. The van der Waals surface area contributed by atoms with Crippen molar-refractivity contribution >= 4 is 17.8 Å². The molecule has 0 bridgehead atoms. The minimum atomic E-state index is -1.09. The third-order valence-corrected chi connectivity index (χ3v) is 4.29. The molecule has 2 rings (SSSR count). The molecular formula is C17H23N3O3. The van der Waals surface area contributed by atoms with Crippen LogP contribution < -0.4 is 10.6 Å². The maximum absolute atomic E-state index is 12.8. The van der Waals surface area contributed by atoms with Gasteiger partial charge in [-0.05, 0) is 25.3 Å². The van der Waals surface area contributed by atoms with Crippen molar-refractivity contribution in [2.45, 2.75) is 45.2 Å². The average Bonchev–Trinajstić information content (AvgIpc) is 2.80. The highest BCUT2D eigenvalue weighted by Crippen LogP contribution is 2.32. The van der Waals surface area contributed by atoms with E-state index in [4.69, 9.17) is 0 Å². The summed E-state index contributed by atoms with van der Waals surface area (Å²) in [7, 11) is 0. The largest absolute Gasteiger partial charge is 0.352 e. The Morgan fingerprint density at radius 3 is 2.48 bits per heavy atom. The fourth-order valence-electron chi connectivity index (χ4n) is 2.70. The lowest BCUT2D eigenvalue weighted by Crippen LogP contribution is -2.45. The van der Waals surface area contributed by atoms with Crippen molar-refractivity contribution in [2.75, 3.05) is 6.54 Å². The van der Waals surface area contributed by atoms with Gasteiger partial charge in [-0.3, -0.25) is 14.5 Å². The standard InChI is InChI=1S/C17H23N3O3/c1-4-12(3)18-14(21)11-20-15(22)17(5-2,19-16(20)23)13-9-7-6-8-10-13/h6-10,12H,4-5,11H2,1-3H3,(H,18,21)(H,19,23). The van der Waals surface area contributed by atoms with Crippen molar-refractivity contribution in [2.24, 2.45) is 0 Å². The minimum Gasteiger partial charge on any atom is -0.352 e. The van der Waals surface area contributed by atoms with Crippen molar-refractivity contribution in [3.63, 3.8) is 0 Å². The Bertz CT molecular complexity index is 602. The van der Waals surface area contributed by atoms with Gasteiger partial charge in [0.2, 0.25) is 5.91 Å². The van der Waals surface area contributed by atoms with Gasteiger partial charge < -0.3 is 10.6 Å². The van der Waals surface area contributed by atoms with E-state index in [0.717, 1.165) is 16.9 Å². The molecule has 124 valence electrons. The summed E-state index contributed by atoms with van der Waals surface area (Å²) in [4.78, 5) is 38.1. The zero-order chi connectivity index (χ0) is 17.0. The molecule has 1 heterocycles. The van der Waals surface area contributed by atoms with Gasteiger partial charge >= 0.3 is 6.03 Å². The number of rotatable bonds is 6. The molecule has 1 aromatic rings. The van der Waals surface area contributed by atoms with E-state index in [1.807, 2.05) is 51.1 Å². The highest BCUT2D eigenvalue weighted by Gasteiger charge is 2.51. The van der Waals surface area contributed by atoms with Crippen LogP contribution in [0.1, 0.15) is 39.2 Å². The van der Waals surface area contributed by atoms with Crippen LogP contribution in [0.3, 0.4) is 0 Å². The number of nitrogens with zero attached hydrogens (tertiary/aromatic N) is 1. The van der Waals surface area contributed by atoms with Crippen LogP contribution in [0.2, 0.25) is 0 Å². The Morgan fingerprint density at radius 1 is 1.26 bits per heavy atom. The van der Waals surface area contributed by atoms with Gasteiger partial charge in [0.15, 0.2) is 0 Å². The normalized spacial score (nSPS) is 22.0. The van der Waals surface area contributed by atoms with E-state index >= 15 is 0 Å². The molecule has 0 radical (unpaired) electrons. The van der Waals surface area contributed by atoms with Crippen molar-refractivity contribution in [1.82, 2.24) is 15.5 Å². The van der Waals surface area contributed by atoms with E-state index in [9.17, 15) is 14.4 Å². The van der Waals surface area contributed by atoms with Gasteiger partial charge in [0, 0.05) is 6.04 Å². The van der Waals surface area contributed by atoms with Crippen molar-refractivity contribution in [3.05, 3.63) is 35.9 Å². The molecule has 2 atom stereocenters. The van der Waals surface area contributed by atoms with E-state index in [-0.39, 0.29) is 24.4 Å². The number of carbonyl (C=O) groups is 3. The molecule has 0 aliphatic carbocycles. The van der Waals surface area contributed by atoms with Gasteiger partial charge in [0.05, 0.1) is 0 Å². The molecule has 1 saturated heterocycles.